The Morgan fingerprint density at radius 3 is 2.84 bits per heavy atom. The van der Waals surface area contributed by atoms with Crippen LogP contribution in [0.2, 0.25) is 0 Å². The van der Waals surface area contributed by atoms with Crippen molar-refractivity contribution in [1.29, 1.82) is 0 Å². The second-order valence-corrected chi connectivity index (χ2v) is 4.62. The number of carbonyl (C=O) groups is 1. The second kappa shape index (κ2) is 7.26. The molecule has 0 aliphatic carbocycles. The summed E-state index contributed by atoms with van der Waals surface area (Å²) in [5.74, 6) is 0.467. The van der Waals surface area contributed by atoms with Gasteiger partial charge in [-0.15, -0.1) is 0 Å². The van der Waals surface area contributed by atoms with E-state index < -0.39 is 5.60 Å². The summed E-state index contributed by atoms with van der Waals surface area (Å²) in [6.45, 7) is 3.68. The van der Waals surface area contributed by atoms with Crippen molar-refractivity contribution in [2.24, 2.45) is 0 Å². The van der Waals surface area contributed by atoms with E-state index in [9.17, 15) is 4.79 Å². The number of hydrogen-bond acceptors (Lipinski definition) is 4. The topological polar surface area (TPSA) is 55.8 Å². The van der Waals surface area contributed by atoms with E-state index in [-0.39, 0.29) is 18.5 Å². The van der Waals surface area contributed by atoms with Gasteiger partial charge in [-0.25, -0.2) is 0 Å². The van der Waals surface area contributed by atoms with Crippen LogP contribution in [0.1, 0.15) is 26.7 Å². The third-order valence-electron chi connectivity index (χ3n) is 2.99. The molecule has 1 rings (SSSR count). The van der Waals surface area contributed by atoms with E-state index in [2.05, 4.69) is 0 Å². The van der Waals surface area contributed by atoms with Gasteiger partial charge in [-0.2, -0.15) is 0 Å². The molecular weight excluding hydrogens is 244 g/mol. The number of allylic oxidation sites excluding steroid dienone is 3. The van der Waals surface area contributed by atoms with Gasteiger partial charge in [0.15, 0.2) is 5.60 Å². The molecule has 0 bridgehead atoms. The van der Waals surface area contributed by atoms with Crippen LogP contribution in [0.25, 0.3) is 0 Å². The standard InChI is InChI=1S/C15H22O4/c1-4-5-6-7-8-15(2)14(17)10-12(19-15)9-13(11-16)18-3/h5-8,10,13,16H,4,9,11H2,1-3H3. The molecule has 2 unspecified atom stereocenters. The summed E-state index contributed by atoms with van der Waals surface area (Å²) < 4.78 is 10.7. The van der Waals surface area contributed by atoms with Gasteiger partial charge < -0.3 is 14.6 Å². The van der Waals surface area contributed by atoms with E-state index in [0.29, 0.717) is 12.2 Å². The molecule has 0 saturated carbocycles. The minimum atomic E-state index is -0.943. The molecule has 1 heterocycles. The normalized spacial score (nSPS) is 25.1. The highest BCUT2D eigenvalue weighted by Crippen LogP contribution is 2.29. The van der Waals surface area contributed by atoms with Crippen LogP contribution in [0.5, 0.6) is 0 Å². The fourth-order valence-corrected chi connectivity index (χ4v) is 1.76. The molecule has 1 N–H and O–H groups in total. The van der Waals surface area contributed by atoms with Crippen LogP contribution in [0.15, 0.2) is 36.1 Å². The zero-order valence-corrected chi connectivity index (χ0v) is 11.8. The average Bonchev–Trinajstić information content (AvgIpc) is 2.67. The number of carbonyl (C=O) groups excluding carboxylic acids is 1. The Morgan fingerprint density at radius 2 is 2.26 bits per heavy atom. The molecule has 0 saturated heterocycles. The predicted octanol–water partition coefficient (Wildman–Crippen LogP) is 2.15. The monoisotopic (exact) mass is 266 g/mol. The van der Waals surface area contributed by atoms with E-state index >= 15 is 0 Å². The molecular formula is C15H22O4. The fraction of sp³-hybridized carbons (Fsp3) is 0.533. The SMILES string of the molecule is CCC=CC=CC1(C)OC(CC(CO)OC)=CC1=O. The molecule has 0 aromatic carbocycles. The zero-order valence-electron chi connectivity index (χ0n) is 11.8. The molecule has 1 aliphatic heterocycles. The molecule has 0 fully saturated rings. The third kappa shape index (κ3) is 4.33. The van der Waals surface area contributed by atoms with E-state index in [1.165, 1.54) is 13.2 Å². The van der Waals surface area contributed by atoms with E-state index in [0.717, 1.165) is 6.42 Å². The van der Waals surface area contributed by atoms with Crippen LogP contribution in [-0.2, 0) is 14.3 Å². The summed E-state index contributed by atoms with van der Waals surface area (Å²) in [6, 6.07) is 0. The molecule has 0 radical (unpaired) electrons. The Balaban J connectivity index is 2.65. The first kappa shape index (κ1) is 15.7. The Morgan fingerprint density at radius 1 is 1.53 bits per heavy atom. The Hall–Kier alpha value is -1.39. The van der Waals surface area contributed by atoms with E-state index in [1.54, 1.807) is 13.0 Å². The summed E-state index contributed by atoms with van der Waals surface area (Å²) >= 11 is 0. The van der Waals surface area contributed by atoms with E-state index in [1.807, 2.05) is 25.2 Å². The molecule has 106 valence electrons. The molecule has 4 heteroatoms. The van der Waals surface area contributed by atoms with Crippen LogP contribution >= 0.6 is 0 Å². The van der Waals surface area contributed by atoms with Gasteiger partial charge in [0.25, 0.3) is 0 Å². The highest BCUT2D eigenvalue weighted by molar-refractivity contribution is 6.00. The summed E-state index contributed by atoms with van der Waals surface area (Å²) in [5, 5.41) is 9.07. The first-order chi connectivity index (χ1) is 9.05. The average molecular weight is 266 g/mol. The van der Waals surface area contributed by atoms with Gasteiger partial charge in [-0.1, -0.05) is 25.2 Å². The number of hydrogen-bond donors (Lipinski definition) is 1. The summed E-state index contributed by atoms with van der Waals surface area (Å²) in [4.78, 5) is 11.9. The van der Waals surface area contributed by atoms with Gasteiger partial charge in [-0.3, -0.25) is 4.79 Å². The van der Waals surface area contributed by atoms with Gasteiger partial charge in [0.05, 0.1) is 12.7 Å². The Kier molecular flexibility index (Phi) is 5.99. The number of aliphatic hydroxyl groups is 1. The lowest BCUT2D eigenvalue weighted by Crippen LogP contribution is -2.30. The van der Waals surface area contributed by atoms with Crippen molar-refractivity contribution in [2.75, 3.05) is 13.7 Å². The minimum Gasteiger partial charge on any atom is -0.479 e. The van der Waals surface area contributed by atoms with Crippen molar-refractivity contribution >= 4 is 5.78 Å². The predicted molar refractivity (Wildman–Crippen MR) is 73.7 cm³/mol. The third-order valence-corrected chi connectivity index (χ3v) is 2.99. The van der Waals surface area contributed by atoms with Crippen molar-refractivity contribution in [3.05, 3.63) is 36.1 Å². The second-order valence-electron chi connectivity index (χ2n) is 4.62. The maximum Gasteiger partial charge on any atom is 0.206 e. The Labute approximate surface area is 114 Å². The lowest BCUT2D eigenvalue weighted by atomic mass is 10.0. The van der Waals surface area contributed by atoms with Crippen molar-refractivity contribution in [2.45, 2.75) is 38.4 Å². The van der Waals surface area contributed by atoms with Crippen LogP contribution < -0.4 is 0 Å². The minimum absolute atomic E-state index is 0.0866. The van der Waals surface area contributed by atoms with Gasteiger partial charge >= 0.3 is 0 Å². The molecule has 1 aliphatic rings. The van der Waals surface area contributed by atoms with Crippen molar-refractivity contribution < 1.29 is 19.4 Å². The maximum absolute atomic E-state index is 11.9. The molecule has 19 heavy (non-hydrogen) atoms. The summed E-state index contributed by atoms with van der Waals surface area (Å²) in [7, 11) is 1.52. The van der Waals surface area contributed by atoms with Crippen LogP contribution in [0.4, 0.5) is 0 Å². The van der Waals surface area contributed by atoms with Gasteiger partial charge in [0, 0.05) is 19.6 Å². The Bertz CT molecular complexity index is 391. The van der Waals surface area contributed by atoms with Crippen molar-refractivity contribution in [1.82, 2.24) is 0 Å². The quantitative estimate of drug-likeness (QED) is 0.717. The zero-order chi connectivity index (χ0) is 14.3. The molecule has 0 aromatic heterocycles. The smallest absolute Gasteiger partial charge is 0.206 e. The van der Waals surface area contributed by atoms with Crippen molar-refractivity contribution in [3.63, 3.8) is 0 Å². The van der Waals surface area contributed by atoms with Gasteiger partial charge in [-0.05, 0) is 19.4 Å². The first-order valence-corrected chi connectivity index (χ1v) is 6.47. The van der Waals surface area contributed by atoms with E-state index in [4.69, 9.17) is 14.6 Å². The molecule has 4 nitrogen and oxygen atoms in total. The molecule has 2 atom stereocenters. The number of aliphatic hydroxyl groups excluding tert-OH is 1. The number of methoxy groups -OCH3 is 1. The largest absolute Gasteiger partial charge is 0.479 e. The maximum atomic E-state index is 11.9. The van der Waals surface area contributed by atoms with Crippen LogP contribution in [0.3, 0.4) is 0 Å². The highest BCUT2D eigenvalue weighted by Gasteiger charge is 2.37. The lowest BCUT2D eigenvalue weighted by Gasteiger charge is -2.21. The molecule has 0 amide bonds. The lowest BCUT2D eigenvalue weighted by molar-refractivity contribution is -0.124. The number of rotatable bonds is 7. The van der Waals surface area contributed by atoms with Crippen molar-refractivity contribution in [3.8, 4) is 0 Å². The highest BCUT2D eigenvalue weighted by atomic mass is 16.5. The van der Waals surface area contributed by atoms with Crippen LogP contribution in [0, 0.1) is 0 Å². The first-order valence-electron chi connectivity index (χ1n) is 6.47. The van der Waals surface area contributed by atoms with Gasteiger partial charge in [0.2, 0.25) is 5.78 Å². The fourth-order valence-electron chi connectivity index (χ4n) is 1.76. The number of ketones is 1. The van der Waals surface area contributed by atoms with Gasteiger partial charge in [0.1, 0.15) is 5.76 Å². The molecule has 0 spiro atoms. The van der Waals surface area contributed by atoms with Crippen LogP contribution in [-0.4, -0.2) is 36.3 Å². The number of ether oxygens (including phenoxy) is 2. The molecule has 0 aromatic rings. The summed E-state index contributed by atoms with van der Waals surface area (Å²) in [6.07, 6.45) is 9.94. The summed E-state index contributed by atoms with van der Waals surface area (Å²) in [5.41, 5.74) is -0.943.